The lowest BCUT2D eigenvalue weighted by atomic mass is 9.97. The van der Waals surface area contributed by atoms with Gasteiger partial charge in [-0.05, 0) is 50.8 Å². The molecule has 0 unspecified atom stereocenters. The fraction of sp³-hybridized carbons (Fsp3) is 0.375. The van der Waals surface area contributed by atoms with Gasteiger partial charge < -0.3 is 14.2 Å². The molecule has 5 rings (SSSR count). The number of nitrogens with zero attached hydrogens (tertiary/aromatic N) is 5. The molecule has 0 spiro atoms. The highest BCUT2D eigenvalue weighted by atomic mass is 32.1. The molecular weight excluding hydrogens is 457 g/mol. The maximum atomic E-state index is 13.8. The van der Waals surface area contributed by atoms with Gasteiger partial charge in [0, 0.05) is 23.5 Å². The number of ether oxygens (including phenoxy) is 1. The topological polar surface area (TPSA) is 94.2 Å². The summed E-state index contributed by atoms with van der Waals surface area (Å²) in [6.45, 7) is 7.19. The lowest BCUT2D eigenvalue weighted by Crippen LogP contribution is -2.37. The second kappa shape index (κ2) is 9.09. The predicted octanol–water partition coefficient (Wildman–Crippen LogP) is 4.77. The van der Waals surface area contributed by atoms with E-state index in [1.165, 1.54) is 16.5 Å². The number of hydrogen-bond acceptors (Lipinski definition) is 9. The second-order valence-electron chi connectivity index (χ2n) is 8.51. The van der Waals surface area contributed by atoms with Crippen LogP contribution in [-0.2, 0) is 16.1 Å². The minimum absolute atomic E-state index is 0.111. The number of rotatable bonds is 5. The van der Waals surface area contributed by atoms with Crippen LogP contribution in [-0.4, -0.2) is 39.2 Å². The number of carbonyl (C=O) groups is 1. The van der Waals surface area contributed by atoms with Gasteiger partial charge >= 0.3 is 5.97 Å². The van der Waals surface area contributed by atoms with Crippen LogP contribution < -0.4 is 4.90 Å². The Morgan fingerprint density at radius 3 is 2.79 bits per heavy atom. The molecule has 4 heterocycles. The Kier molecular flexibility index (Phi) is 5.99. The van der Waals surface area contributed by atoms with Crippen LogP contribution in [0.25, 0.3) is 21.6 Å². The molecule has 0 radical (unpaired) electrons. The summed E-state index contributed by atoms with van der Waals surface area (Å²) < 4.78 is 24.4. The normalized spacial score (nSPS) is 14.6. The van der Waals surface area contributed by atoms with E-state index < -0.39 is 0 Å². The van der Waals surface area contributed by atoms with Crippen molar-refractivity contribution >= 4 is 33.3 Å². The van der Waals surface area contributed by atoms with Crippen molar-refractivity contribution in [3.05, 3.63) is 52.2 Å². The summed E-state index contributed by atoms with van der Waals surface area (Å²) in [5.74, 6) is 0.545. The van der Waals surface area contributed by atoms with Crippen LogP contribution in [0.3, 0.4) is 0 Å². The zero-order valence-corrected chi connectivity index (χ0v) is 20.0. The number of aromatic nitrogens is 4. The van der Waals surface area contributed by atoms with Crippen LogP contribution in [0.5, 0.6) is 0 Å². The summed E-state index contributed by atoms with van der Waals surface area (Å²) >= 11 is 1.68. The molecule has 0 amide bonds. The number of anilines is 1. The highest BCUT2D eigenvalue weighted by molar-refractivity contribution is 7.18. The molecule has 1 aliphatic rings. The zero-order valence-electron chi connectivity index (χ0n) is 19.2. The molecular formula is C24H24FN5O3S. The number of halogens is 1. The number of fused-ring (bicyclic) bond motifs is 1. The molecule has 3 aromatic heterocycles. The van der Waals surface area contributed by atoms with Crippen molar-refractivity contribution in [2.75, 3.05) is 18.0 Å². The summed E-state index contributed by atoms with van der Waals surface area (Å²) in [4.78, 5) is 30.3. The number of aryl methyl sites for hydroxylation is 3. The monoisotopic (exact) mass is 481 g/mol. The Balaban J connectivity index is 1.18. The van der Waals surface area contributed by atoms with Gasteiger partial charge in [-0.25, -0.2) is 14.4 Å². The number of esters is 1. The number of carbonyl (C=O) groups excluding carboxylic acids is 1. The smallest absolute Gasteiger partial charge is 0.309 e. The summed E-state index contributed by atoms with van der Waals surface area (Å²) in [6, 6.07) is 4.73. The van der Waals surface area contributed by atoms with E-state index in [-0.39, 0.29) is 36.0 Å². The summed E-state index contributed by atoms with van der Waals surface area (Å²) in [5, 5.41) is 4.97. The summed E-state index contributed by atoms with van der Waals surface area (Å²) in [7, 11) is 0. The Bertz CT molecular complexity index is 1360. The van der Waals surface area contributed by atoms with Gasteiger partial charge in [-0.3, -0.25) is 4.79 Å². The third kappa shape index (κ3) is 4.25. The van der Waals surface area contributed by atoms with E-state index in [0.29, 0.717) is 37.1 Å². The number of thiophene rings is 1. The van der Waals surface area contributed by atoms with Crippen molar-refractivity contribution in [1.82, 2.24) is 20.1 Å². The maximum Gasteiger partial charge on any atom is 0.309 e. The predicted molar refractivity (Wildman–Crippen MR) is 126 cm³/mol. The van der Waals surface area contributed by atoms with Crippen molar-refractivity contribution in [3.63, 3.8) is 0 Å². The minimum Gasteiger partial charge on any atom is -0.455 e. The molecule has 10 heteroatoms. The van der Waals surface area contributed by atoms with E-state index in [0.717, 1.165) is 16.0 Å². The van der Waals surface area contributed by atoms with E-state index in [1.807, 2.05) is 0 Å². The van der Waals surface area contributed by atoms with Gasteiger partial charge in [0.2, 0.25) is 5.82 Å². The fourth-order valence-corrected chi connectivity index (χ4v) is 5.14. The Morgan fingerprint density at radius 1 is 1.24 bits per heavy atom. The first-order valence-electron chi connectivity index (χ1n) is 11.1. The third-order valence-electron chi connectivity index (χ3n) is 6.31. The van der Waals surface area contributed by atoms with Gasteiger partial charge in [-0.15, -0.1) is 11.3 Å². The standard InChI is InChI=1S/C24H24FN5O3S/c1-13-4-5-17(10-18(13)25)21-28-19(33-29-21)11-32-24(31)16-6-8-30(9-7-16)22-20-14(2)15(3)34-23(20)27-12-26-22/h4-5,10,12,16H,6-9,11H2,1-3H3. The quantitative estimate of drug-likeness (QED) is 0.377. The van der Waals surface area contributed by atoms with E-state index in [2.05, 4.69) is 38.9 Å². The zero-order chi connectivity index (χ0) is 23.8. The van der Waals surface area contributed by atoms with Gasteiger partial charge in [-0.2, -0.15) is 4.98 Å². The maximum absolute atomic E-state index is 13.8. The van der Waals surface area contributed by atoms with Crippen LogP contribution in [0.15, 0.2) is 29.0 Å². The average Bonchev–Trinajstić information content (AvgIpc) is 3.44. The van der Waals surface area contributed by atoms with Crippen molar-refractivity contribution in [3.8, 4) is 11.4 Å². The molecule has 1 aliphatic heterocycles. The molecule has 8 nitrogen and oxygen atoms in total. The number of benzene rings is 1. The van der Waals surface area contributed by atoms with E-state index in [1.54, 1.807) is 36.7 Å². The molecule has 0 N–H and O–H groups in total. The largest absolute Gasteiger partial charge is 0.455 e. The van der Waals surface area contributed by atoms with E-state index in [4.69, 9.17) is 9.26 Å². The molecule has 4 aromatic rings. The van der Waals surface area contributed by atoms with Crippen molar-refractivity contribution in [1.29, 1.82) is 0 Å². The van der Waals surface area contributed by atoms with Crippen LogP contribution >= 0.6 is 11.3 Å². The second-order valence-corrected chi connectivity index (χ2v) is 9.71. The summed E-state index contributed by atoms with van der Waals surface area (Å²) in [5.41, 5.74) is 2.26. The molecule has 0 aliphatic carbocycles. The lowest BCUT2D eigenvalue weighted by molar-refractivity contribution is -0.151. The molecule has 0 saturated carbocycles. The van der Waals surface area contributed by atoms with Crippen molar-refractivity contribution < 1.29 is 18.4 Å². The van der Waals surface area contributed by atoms with E-state index in [9.17, 15) is 9.18 Å². The lowest BCUT2D eigenvalue weighted by Gasteiger charge is -2.32. The fourth-order valence-electron chi connectivity index (χ4n) is 4.14. The highest BCUT2D eigenvalue weighted by Crippen LogP contribution is 2.35. The van der Waals surface area contributed by atoms with E-state index >= 15 is 0 Å². The first-order valence-corrected chi connectivity index (χ1v) is 11.9. The van der Waals surface area contributed by atoms with Gasteiger partial charge in [0.25, 0.3) is 5.89 Å². The molecule has 176 valence electrons. The number of hydrogen-bond donors (Lipinski definition) is 0. The average molecular weight is 482 g/mol. The summed E-state index contributed by atoms with van der Waals surface area (Å²) in [6.07, 6.45) is 2.95. The molecule has 34 heavy (non-hydrogen) atoms. The van der Waals surface area contributed by atoms with Crippen LogP contribution in [0.2, 0.25) is 0 Å². The molecule has 1 aromatic carbocycles. The van der Waals surface area contributed by atoms with Crippen molar-refractivity contribution in [2.45, 2.75) is 40.2 Å². The van der Waals surface area contributed by atoms with Gasteiger partial charge in [-0.1, -0.05) is 17.3 Å². The van der Waals surface area contributed by atoms with Gasteiger partial charge in [0.15, 0.2) is 6.61 Å². The Morgan fingerprint density at radius 2 is 2.03 bits per heavy atom. The third-order valence-corrected chi connectivity index (χ3v) is 7.42. The Labute approximate surface area is 199 Å². The highest BCUT2D eigenvalue weighted by Gasteiger charge is 2.28. The van der Waals surface area contributed by atoms with Crippen LogP contribution in [0.1, 0.15) is 34.7 Å². The first-order chi connectivity index (χ1) is 16.4. The SMILES string of the molecule is Cc1ccc(-c2noc(COC(=O)C3CCN(c4ncnc5sc(C)c(C)c45)CC3)n2)cc1F. The van der Waals surface area contributed by atoms with Crippen LogP contribution in [0.4, 0.5) is 10.2 Å². The molecule has 0 bridgehead atoms. The molecule has 0 atom stereocenters. The van der Waals surface area contributed by atoms with Gasteiger partial charge in [0.1, 0.15) is 22.8 Å². The Hall–Kier alpha value is -3.40. The minimum atomic E-state index is -0.339. The number of piperidine rings is 1. The van der Waals surface area contributed by atoms with Crippen molar-refractivity contribution in [2.24, 2.45) is 5.92 Å². The van der Waals surface area contributed by atoms with Crippen LogP contribution in [0, 0.1) is 32.5 Å². The van der Waals surface area contributed by atoms with Gasteiger partial charge in [0.05, 0.1) is 11.3 Å². The first kappa shape index (κ1) is 22.4. The molecule has 1 fully saturated rings. The molecule has 1 saturated heterocycles.